The van der Waals surface area contributed by atoms with Gasteiger partial charge in [0.25, 0.3) is 0 Å². The summed E-state index contributed by atoms with van der Waals surface area (Å²) >= 11 is 2.07. The lowest BCUT2D eigenvalue weighted by Gasteiger charge is -2.28. The molecule has 0 unspecified atom stereocenters. The van der Waals surface area contributed by atoms with Crippen LogP contribution in [0.5, 0.6) is 23.0 Å². The Morgan fingerprint density at radius 1 is 1.22 bits per heavy atom. The Balaban J connectivity index is 1.69. The fourth-order valence-corrected chi connectivity index (χ4v) is 4.66. The number of rotatable bonds is 13. The number of hydrazone groups is 1. The van der Waals surface area contributed by atoms with Crippen LogP contribution in [0.3, 0.4) is 0 Å². The van der Waals surface area contributed by atoms with Crippen molar-refractivity contribution in [2.75, 3.05) is 34.0 Å². The number of benzene rings is 2. The average molecular weight is 679 g/mol. The molecule has 1 aliphatic heterocycles. The van der Waals surface area contributed by atoms with Gasteiger partial charge in [-0.1, -0.05) is 6.07 Å². The molecule has 0 spiro atoms. The van der Waals surface area contributed by atoms with E-state index in [4.69, 9.17) is 28.9 Å². The first-order valence-corrected chi connectivity index (χ1v) is 13.4. The number of hydrogen-bond donors (Lipinski definition) is 4. The van der Waals surface area contributed by atoms with Gasteiger partial charge in [0.05, 0.1) is 42.2 Å². The van der Waals surface area contributed by atoms with E-state index in [1.54, 1.807) is 44.2 Å². The fraction of sp³-hybridized carbons (Fsp3) is 0.333. The number of aliphatic hydroxyl groups is 1. The largest absolute Gasteiger partial charge is 0.493 e. The molecule has 0 saturated carbocycles. The van der Waals surface area contributed by atoms with Gasteiger partial charge in [-0.25, -0.2) is 9.59 Å². The van der Waals surface area contributed by atoms with Gasteiger partial charge in [-0.2, -0.15) is 10.4 Å². The van der Waals surface area contributed by atoms with Crippen LogP contribution in [0.4, 0.5) is 4.79 Å². The van der Waals surface area contributed by atoms with Crippen LogP contribution in [0.1, 0.15) is 31.0 Å². The van der Waals surface area contributed by atoms with Crippen molar-refractivity contribution in [1.29, 1.82) is 5.26 Å². The van der Waals surface area contributed by atoms with Gasteiger partial charge >= 0.3 is 12.0 Å². The maximum Gasteiger partial charge on any atom is 0.337 e. The number of carbonyl (C=O) groups is 2. The molecule has 0 radical (unpaired) electrons. The number of halogens is 1. The van der Waals surface area contributed by atoms with Crippen LogP contribution in [0.2, 0.25) is 0 Å². The third-order valence-electron chi connectivity index (χ3n) is 5.64. The number of allylic oxidation sites excluding steroid dienone is 1. The summed E-state index contributed by atoms with van der Waals surface area (Å²) in [5.74, 6) is 1.02. The van der Waals surface area contributed by atoms with E-state index in [2.05, 4.69) is 43.8 Å². The molecule has 0 saturated heterocycles. The zero-order chi connectivity index (χ0) is 29.9. The van der Waals surface area contributed by atoms with Gasteiger partial charge in [-0.05, 0) is 71.8 Å². The molecular weight excluding hydrogens is 649 g/mol. The summed E-state index contributed by atoms with van der Waals surface area (Å²) in [4.78, 5) is 24.5. The highest BCUT2D eigenvalue weighted by molar-refractivity contribution is 14.1. The van der Waals surface area contributed by atoms with Gasteiger partial charge in [0.2, 0.25) is 0 Å². The number of ether oxygens (including phenoxy) is 5. The minimum atomic E-state index is -1.17. The lowest BCUT2D eigenvalue weighted by molar-refractivity contribution is -0.136. The smallest absolute Gasteiger partial charge is 0.337 e. The quantitative estimate of drug-likeness (QED) is 0.0811. The zero-order valence-electron chi connectivity index (χ0n) is 22.8. The van der Waals surface area contributed by atoms with Crippen molar-refractivity contribution in [1.82, 2.24) is 16.1 Å². The number of carbonyl (C=O) groups excluding carboxylic acids is 2. The molecule has 2 aromatic rings. The molecule has 1 aliphatic rings. The number of esters is 1. The second kappa shape index (κ2) is 15.0. The number of aliphatic hydroxyl groups excluding tert-OH is 1. The predicted molar refractivity (Wildman–Crippen MR) is 156 cm³/mol. The molecule has 1 heterocycles. The van der Waals surface area contributed by atoms with Crippen molar-refractivity contribution >= 4 is 40.8 Å². The Labute approximate surface area is 250 Å². The number of methoxy groups -OCH3 is 2. The second-order valence-corrected chi connectivity index (χ2v) is 9.56. The highest BCUT2D eigenvalue weighted by Gasteiger charge is 2.32. The van der Waals surface area contributed by atoms with Crippen molar-refractivity contribution in [2.45, 2.75) is 26.1 Å². The number of urea groups is 1. The SMILES string of the molecule is CCOc1cc([C@@H]2NC(=O)NC(C)=C2C(=O)OC)ccc1OC[C@@H](O)N/N=C\c1cc(I)c(OCC#N)c(OC)c1. The van der Waals surface area contributed by atoms with E-state index >= 15 is 0 Å². The van der Waals surface area contributed by atoms with Gasteiger partial charge < -0.3 is 39.4 Å². The van der Waals surface area contributed by atoms with E-state index in [1.165, 1.54) is 20.4 Å². The number of nitrogens with zero attached hydrogens (tertiary/aromatic N) is 2. The molecule has 0 fully saturated rings. The third kappa shape index (κ3) is 8.14. The van der Waals surface area contributed by atoms with Crippen LogP contribution in [-0.2, 0) is 9.53 Å². The molecule has 14 heteroatoms. The first-order chi connectivity index (χ1) is 19.7. The summed E-state index contributed by atoms with van der Waals surface area (Å²) in [6, 6.07) is 9.13. The van der Waals surface area contributed by atoms with Gasteiger partial charge in [0.15, 0.2) is 35.8 Å². The zero-order valence-corrected chi connectivity index (χ0v) is 25.0. The Morgan fingerprint density at radius 3 is 2.68 bits per heavy atom. The number of nitriles is 1. The predicted octanol–water partition coefficient (Wildman–Crippen LogP) is 2.72. The first-order valence-electron chi connectivity index (χ1n) is 12.3. The van der Waals surface area contributed by atoms with Crippen LogP contribution >= 0.6 is 22.6 Å². The van der Waals surface area contributed by atoms with Gasteiger partial charge in [-0.15, -0.1) is 0 Å². The topological polar surface area (TPSA) is 173 Å². The normalized spacial score (nSPS) is 15.3. The lowest BCUT2D eigenvalue weighted by atomic mass is 9.95. The monoisotopic (exact) mass is 679 g/mol. The minimum absolute atomic E-state index is 0.110. The average Bonchev–Trinajstić information content (AvgIpc) is 2.95. The molecule has 2 atom stereocenters. The molecule has 4 N–H and O–H groups in total. The van der Waals surface area contributed by atoms with E-state index in [0.29, 0.717) is 46.4 Å². The lowest BCUT2D eigenvalue weighted by Crippen LogP contribution is -2.45. The molecule has 0 bridgehead atoms. The summed E-state index contributed by atoms with van der Waals surface area (Å²) < 4.78 is 27.9. The van der Waals surface area contributed by atoms with Crippen molar-refractivity contribution in [3.63, 3.8) is 0 Å². The Kier molecular flexibility index (Phi) is 11.4. The Hall–Kier alpha value is -4.23. The summed E-state index contributed by atoms with van der Waals surface area (Å²) in [5, 5.41) is 28.5. The van der Waals surface area contributed by atoms with Gasteiger partial charge in [0, 0.05) is 5.70 Å². The fourth-order valence-electron chi connectivity index (χ4n) is 3.88. The van der Waals surface area contributed by atoms with Crippen LogP contribution in [-0.4, -0.2) is 63.6 Å². The minimum Gasteiger partial charge on any atom is -0.493 e. The summed E-state index contributed by atoms with van der Waals surface area (Å²) in [7, 11) is 2.76. The molecule has 218 valence electrons. The van der Waals surface area contributed by atoms with E-state index in [0.717, 1.165) is 3.57 Å². The van der Waals surface area contributed by atoms with Gasteiger partial charge in [-0.3, -0.25) is 5.43 Å². The van der Waals surface area contributed by atoms with Crippen molar-refractivity contribution < 1.29 is 38.4 Å². The third-order valence-corrected chi connectivity index (χ3v) is 6.44. The van der Waals surface area contributed by atoms with Crippen molar-refractivity contribution in [3.05, 3.63) is 56.3 Å². The molecule has 13 nitrogen and oxygen atoms in total. The van der Waals surface area contributed by atoms with Crippen LogP contribution in [0.15, 0.2) is 46.7 Å². The molecule has 41 heavy (non-hydrogen) atoms. The van der Waals surface area contributed by atoms with Crippen LogP contribution < -0.4 is 35.0 Å². The Morgan fingerprint density at radius 2 is 2.00 bits per heavy atom. The van der Waals surface area contributed by atoms with Crippen LogP contribution in [0.25, 0.3) is 0 Å². The molecule has 2 amide bonds. The molecule has 0 aliphatic carbocycles. The van der Waals surface area contributed by atoms with Crippen LogP contribution in [0, 0.1) is 14.9 Å². The number of amides is 2. The number of nitrogens with one attached hydrogen (secondary N) is 3. The summed E-state index contributed by atoms with van der Waals surface area (Å²) in [5.41, 5.74) is 4.48. The molecule has 0 aromatic heterocycles. The van der Waals surface area contributed by atoms with Crippen molar-refractivity contribution in [2.24, 2.45) is 5.10 Å². The standard InChI is InChI=1S/C27H30IN5O8/c1-5-39-20-12-17(24-23(26(35)38-4)15(2)31-27(36)32-24)6-7-19(20)41-14-22(34)33-30-13-16-10-18(28)25(40-9-8-29)21(11-16)37-3/h6-7,10-13,22,24,33-34H,5,9,14H2,1-4H3,(H2,31,32,36)/b30-13-/t22-,24+/m1/s1. The number of hydrogen-bond acceptors (Lipinski definition) is 11. The van der Waals surface area contributed by atoms with Gasteiger partial charge in [0.1, 0.15) is 12.7 Å². The molecule has 3 rings (SSSR count). The summed E-state index contributed by atoms with van der Waals surface area (Å²) in [6.45, 7) is 3.46. The van der Waals surface area contributed by atoms with E-state index in [-0.39, 0.29) is 18.8 Å². The highest BCUT2D eigenvalue weighted by Crippen LogP contribution is 2.35. The van der Waals surface area contributed by atoms with E-state index in [1.807, 2.05) is 6.07 Å². The Bertz CT molecular complexity index is 1370. The maximum absolute atomic E-state index is 12.4. The van der Waals surface area contributed by atoms with Crippen molar-refractivity contribution in [3.8, 4) is 29.1 Å². The maximum atomic E-state index is 12.4. The molecule has 2 aromatic carbocycles. The summed E-state index contributed by atoms with van der Waals surface area (Å²) in [6.07, 6.45) is 0.323. The molecular formula is C27H30IN5O8. The second-order valence-electron chi connectivity index (χ2n) is 8.40. The van der Waals surface area contributed by atoms with E-state index < -0.39 is 24.3 Å². The first kappa shape index (κ1) is 31.3. The van der Waals surface area contributed by atoms with E-state index in [9.17, 15) is 14.7 Å². The highest BCUT2D eigenvalue weighted by atomic mass is 127.